The zero-order chi connectivity index (χ0) is 22.4. The van der Waals surface area contributed by atoms with Crippen LogP contribution in [0.1, 0.15) is 56.7 Å². The molecule has 2 atom stereocenters. The van der Waals surface area contributed by atoms with E-state index in [0.717, 1.165) is 19.0 Å². The van der Waals surface area contributed by atoms with Crippen molar-refractivity contribution in [3.05, 3.63) is 71.3 Å². The van der Waals surface area contributed by atoms with Gasteiger partial charge in [0, 0.05) is 12.6 Å². The summed E-state index contributed by atoms with van der Waals surface area (Å²) in [5.74, 6) is -0.247. The van der Waals surface area contributed by atoms with Gasteiger partial charge in [-0.15, -0.1) is 0 Å². The lowest BCUT2D eigenvalue weighted by Gasteiger charge is -2.36. The second kappa shape index (κ2) is 10.1. The van der Waals surface area contributed by atoms with E-state index < -0.39 is 17.2 Å². The van der Waals surface area contributed by atoms with Gasteiger partial charge in [0.05, 0.1) is 17.0 Å². The van der Waals surface area contributed by atoms with Gasteiger partial charge in [-0.3, -0.25) is 4.90 Å². The van der Waals surface area contributed by atoms with Crippen molar-refractivity contribution in [1.82, 2.24) is 4.90 Å². The van der Waals surface area contributed by atoms with Crippen LogP contribution in [-0.4, -0.2) is 18.0 Å². The van der Waals surface area contributed by atoms with Crippen molar-refractivity contribution in [1.29, 1.82) is 5.26 Å². The Balaban J connectivity index is 2.30. The Morgan fingerprint density at radius 2 is 1.53 bits per heavy atom. The van der Waals surface area contributed by atoms with Crippen molar-refractivity contribution in [3.8, 4) is 6.07 Å². The summed E-state index contributed by atoms with van der Waals surface area (Å²) in [6.07, 6.45) is -2.59. The zero-order valence-electron chi connectivity index (χ0n) is 18.2. The normalized spacial score (nSPS) is 15.1. The highest BCUT2D eigenvalue weighted by molar-refractivity contribution is 5.41. The molecule has 2 unspecified atom stereocenters. The van der Waals surface area contributed by atoms with Crippen LogP contribution in [0.4, 0.5) is 13.2 Å². The van der Waals surface area contributed by atoms with Crippen molar-refractivity contribution >= 4 is 0 Å². The van der Waals surface area contributed by atoms with Gasteiger partial charge in [-0.05, 0) is 49.4 Å². The number of benzene rings is 2. The van der Waals surface area contributed by atoms with E-state index in [0.29, 0.717) is 12.8 Å². The summed E-state index contributed by atoms with van der Waals surface area (Å²) in [7, 11) is 2.04. The molecule has 0 spiro atoms. The SMILES string of the molecule is CCC(CCC(C#N)(c1ccccc1C(F)(F)F)C(C)C)N(C)Cc1ccccc1. The van der Waals surface area contributed by atoms with Gasteiger partial charge in [-0.1, -0.05) is 69.3 Å². The van der Waals surface area contributed by atoms with E-state index in [9.17, 15) is 18.4 Å². The van der Waals surface area contributed by atoms with Crippen LogP contribution in [0, 0.1) is 17.2 Å². The van der Waals surface area contributed by atoms with Crippen molar-refractivity contribution < 1.29 is 13.2 Å². The van der Waals surface area contributed by atoms with Gasteiger partial charge in [0.25, 0.3) is 0 Å². The topological polar surface area (TPSA) is 27.0 Å². The Labute approximate surface area is 178 Å². The molecule has 0 aromatic heterocycles. The predicted molar refractivity (Wildman–Crippen MR) is 115 cm³/mol. The minimum Gasteiger partial charge on any atom is -0.299 e. The van der Waals surface area contributed by atoms with Gasteiger partial charge in [0.2, 0.25) is 0 Å². The Bertz CT molecular complexity index is 839. The van der Waals surface area contributed by atoms with E-state index in [4.69, 9.17) is 0 Å². The lowest BCUT2D eigenvalue weighted by molar-refractivity contribution is -0.138. The number of nitriles is 1. The average molecular weight is 417 g/mol. The molecule has 0 bridgehead atoms. The number of alkyl halides is 3. The molecule has 0 amide bonds. The molecule has 0 aliphatic rings. The van der Waals surface area contributed by atoms with Crippen molar-refractivity contribution in [2.45, 2.75) is 64.2 Å². The first-order chi connectivity index (χ1) is 14.2. The Morgan fingerprint density at radius 1 is 0.967 bits per heavy atom. The standard InChI is InChI=1S/C25H31F3N2/c1-5-21(30(4)17-20-11-7-6-8-12-20)15-16-24(18-29,19(2)3)22-13-9-10-14-23(22)25(26,27)28/h6-14,19,21H,5,15-17H2,1-4H3. The monoisotopic (exact) mass is 416 g/mol. The second-order valence-electron chi connectivity index (χ2n) is 8.28. The molecule has 2 nitrogen and oxygen atoms in total. The van der Waals surface area contributed by atoms with E-state index in [1.54, 1.807) is 6.07 Å². The molecule has 0 heterocycles. The lowest BCUT2D eigenvalue weighted by atomic mass is 9.67. The number of hydrogen-bond acceptors (Lipinski definition) is 2. The minimum absolute atomic E-state index is 0.0931. The fourth-order valence-corrected chi connectivity index (χ4v) is 4.23. The molecule has 0 fully saturated rings. The maximum atomic E-state index is 13.7. The summed E-state index contributed by atoms with van der Waals surface area (Å²) in [5.41, 5.74) is -0.606. The molecule has 0 aliphatic heterocycles. The first-order valence-corrected chi connectivity index (χ1v) is 10.5. The van der Waals surface area contributed by atoms with Crippen LogP contribution in [0.25, 0.3) is 0 Å². The Hall–Kier alpha value is -2.32. The Morgan fingerprint density at radius 3 is 2.03 bits per heavy atom. The van der Waals surface area contributed by atoms with Crippen LogP contribution >= 0.6 is 0 Å². The smallest absolute Gasteiger partial charge is 0.299 e. The van der Waals surface area contributed by atoms with Gasteiger partial charge in [0.1, 0.15) is 0 Å². The number of rotatable bonds is 9. The van der Waals surface area contributed by atoms with Crippen molar-refractivity contribution in [2.75, 3.05) is 7.05 Å². The van der Waals surface area contributed by atoms with Crippen LogP contribution in [0.2, 0.25) is 0 Å². The molecule has 0 saturated heterocycles. The number of hydrogen-bond donors (Lipinski definition) is 0. The van der Waals surface area contributed by atoms with Crippen LogP contribution in [0.15, 0.2) is 54.6 Å². The molecule has 2 aromatic carbocycles. The van der Waals surface area contributed by atoms with E-state index in [1.807, 2.05) is 39.1 Å². The molecule has 0 N–H and O–H groups in total. The molecule has 2 aromatic rings. The van der Waals surface area contributed by atoms with Gasteiger partial charge < -0.3 is 0 Å². The molecule has 2 rings (SSSR count). The fourth-order valence-electron chi connectivity index (χ4n) is 4.23. The van der Waals surface area contributed by atoms with Crippen molar-refractivity contribution in [2.24, 2.45) is 5.92 Å². The summed E-state index contributed by atoms with van der Waals surface area (Å²) in [6.45, 7) is 6.52. The third-order valence-electron chi connectivity index (χ3n) is 6.14. The molecule has 162 valence electrons. The van der Waals surface area contributed by atoms with E-state index in [2.05, 4.69) is 30.0 Å². The average Bonchev–Trinajstić information content (AvgIpc) is 2.71. The minimum atomic E-state index is -4.48. The second-order valence-corrected chi connectivity index (χ2v) is 8.28. The molecule has 5 heteroatoms. The first kappa shape index (κ1) is 24.0. The van der Waals surface area contributed by atoms with Crippen LogP contribution < -0.4 is 0 Å². The summed E-state index contributed by atoms with van der Waals surface area (Å²) in [5, 5.41) is 10.1. The van der Waals surface area contributed by atoms with Gasteiger partial charge in [0.15, 0.2) is 0 Å². The molecule has 30 heavy (non-hydrogen) atoms. The molecule has 0 radical (unpaired) electrons. The number of halogens is 3. The summed E-state index contributed by atoms with van der Waals surface area (Å²) in [6, 6.07) is 18.1. The molecular weight excluding hydrogens is 385 g/mol. The maximum absolute atomic E-state index is 13.7. The van der Waals surface area contributed by atoms with Gasteiger partial charge >= 0.3 is 6.18 Å². The first-order valence-electron chi connectivity index (χ1n) is 10.5. The largest absolute Gasteiger partial charge is 0.416 e. The van der Waals surface area contributed by atoms with Gasteiger partial charge in [-0.2, -0.15) is 18.4 Å². The third-order valence-corrected chi connectivity index (χ3v) is 6.14. The fraction of sp³-hybridized carbons (Fsp3) is 0.480. The molecule has 0 aliphatic carbocycles. The summed E-state index contributed by atoms with van der Waals surface area (Å²) in [4.78, 5) is 2.23. The maximum Gasteiger partial charge on any atom is 0.416 e. The van der Waals surface area contributed by atoms with E-state index in [-0.39, 0.29) is 17.5 Å². The quantitative estimate of drug-likeness (QED) is 0.449. The van der Waals surface area contributed by atoms with Crippen LogP contribution in [0.3, 0.4) is 0 Å². The Kier molecular flexibility index (Phi) is 8.09. The van der Waals surface area contributed by atoms with E-state index >= 15 is 0 Å². The van der Waals surface area contributed by atoms with Crippen molar-refractivity contribution in [3.63, 3.8) is 0 Å². The third kappa shape index (κ3) is 5.43. The highest BCUT2D eigenvalue weighted by atomic mass is 19.4. The number of nitrogens with zero attached hydrogens (tertiary/aromatic N) is 2. The molecule has 0 saturated carbocycles. The highest BCUT2D eigenvalue weighted by Crippen LogP contribution is 2.44. The van der Waals surface area contributed by atoms with Crippen LogP contribution in [0.5, 0.6) is 0 Å². The predicted octanol–water partition coefficient (Wildman–Crippen LogP) is 6.81. The lowest BCUT2D eigenvalue weighted by Crippen LogP contribution is -2.37. The van der Waals surface area contributed by atoms with Gasteiger partial charge in [-0.25, -0.2) is 0 Å². The van der Waals surface area contributed by atoms with E-state index in [1.165, 1.54) is 17.7 Å². The summed E-state index contributed by atoms with van der Waals surface area (Å²) >= 11 is 0. The highest BCUT2D eigenvalue weighted by Gasteiger charge is 2.44. The molecular formula is C25H31F3N2. The van der Waals surface area contributed by atoms with Crippen LogP contribution in [-0.2, 0) is 18.1 Å². The zero-order valence-corrected chi connectivity index (χ0v) is 18.2. The summed E-state index contributed by atoms with van der Waals surface area (Å²) < 4.78 is 41.1.